The van der Waals surface area contributed by atoms with Gasteiger partial charge in [-0.25, -0.2) is 5.43 Å². The molecule has 0 saturated carbocycles. The van der Waals surface area contributed by atoms with Gasteiger partial charge in [-0.1, -0.05) is 30.3 Å². The first-order valence-corrected chi connectivity index (χ1v) is 8.30. The van der Waals surface area contributed by atoms with E-state index in [4.69, 9.17) is 5.73 Å². The topological polar surface area (TPSA) is 78.7 Å². The Balaban J connectivity index is 1.77. The molecule has 124 valence electrons. The number of hydrogen-bond acceptors (Lipinski definition) is 4. The van der Waals surface area contributed by atoms with Crippen LogP contribution in [0.4, 0.5) is 0 Å². The smallest absolute Gasteiger partial charge is 0.254 e. The summed E-state index contributed by atoms with van der Waals surface area (Å²) in [6.45, 7) is 2.13. The number of likely N-dealkylation sites (tertiary alicyclic amines) is 1. The number of carbonyl (C=O) groups is 2. The molecule has 2 atom stereocenters. The fourth-order valence-electron chi connectivity index (χ4n) is 3.51. The van der Waals surface area contributed by atoms with Crippen LogP contribution in [-0.2, 0) is 16.1 Å². The number of benzene rings is 1. The van der Waals surface area contributed by atoms with Crippen molar-refractivity contribution in [2.45, 2.75) is 44.3 Å². The van der Waals surface area contributed by atoms with E-state index in [1.54, 1.807) is 5.01 Å². The number of nitrogens with one attached hydrogen (secondary N) is 1. The highest BCUT2D eigenvalue weighted by molar-refractivity contribution is 5.86. The molecule has 0 aromatic heterocycles. The van der Waals surface area contributed by atoms with Gasteiger partial charge in [-0.2, -0.15) is 0 Å². The third kappa shape index (κ3) is 3.54. The van der Waals surface area contributed by atoms with E-state index in [2.05, 4.69) is 5.43 Å². The van der Waals surface area contributed by atoms with E-state index in [1.165, 1.54) is 0 Å². The van der Waals surface area contributed by atoms with Gasteiger partial charge < -0.3 is 5.73 Å². The first-order valence-electron chi connectivity index (χ1n) is 8.30. The molecule has 2 aliphatic rings. The maximum atomic E-state index is 12.8. The molecule has 0 unspecified atom stereocenters. The Morgan fingerprint density at radius 3 is 2.52 bits per heavy atom. The Labute approximate surface area is 136 Å². The molecule has 0 spiro atoms. The van der Waals surface area contributed by atoms with Gasteiger partial charge in [-0.05, 0) is 31.2 Å². The number of hydrazine groups is 1. The lowest BCUT2D eigenvalue weighted by Gasteiger charge is -2.34. The molecule has 23 heavy (non-hydrogen) atoms. The van der Waals surface area contributed by atoms with E-state index in [1.807, 2.05) is 35.2 Å². The van der Waals surface area contributed by atoms with Crippen LogP contribution in [0.1, 0.15) is 31.2 Å². The van der Waals surface area contributed by atoms with Crippen molar-refractivity contribution < 1.29 is 9.59 Å². The summed E-state index contributed by atoms with van der Waals surface area (Å²) in [6, 6.07) is 9.27. The third-order valence-corrected chi connectivity index (χ3v) is 4.71. The van der Waals surface area contributed by atoms with Crippen LogP contribution in [0.15, 0.2) is 30.3 Å². The molecule has 0 bridgehead atoms. The zero-order valence-corrected chi connectivity index (χ0v) is 13.3. The summed E-state index contributed by atoms with van der Waals surface area (Å²) >= 11 is 0. The van der Waals surface area contributed by atoms with Gasteiger partial charge >= 0.3 is 0 Å². The van der Waals surface area contributed by atoms with Gasteiger partial charge in [0, 0.05) is 19.6 Å². The molecule has 2 heterocycles. The molecule has 2 fully saturated rings. The lowest BCUT2D eigenvalue weighted by molar-refractivity contribution is -0.141. The summed E-state index contributed by atoms with van der Waals surface area (Å²) in [5, 5.41) is 1.72. The van der Waals surface area contributed by atoms with E-state index < -0.39 is 0 Å². The third-order valence-electron chi connectivity index (χ3n) is 4.71. The van der Waals surface area contributed by atoms with Gasteiger partial charge in [-0.3, -0.25) is 19.5 Å². The fourth-order valence-corrected chi connectivity index (χ4v) is 3.51. The molecule has 6 heteroatoms. The Morgan fingerprint density at radius 1 is 1.13 bits per heavy atom. The van der Waals surface area contributed by atoms with Gasteiger partial charge in [0.15, 0.2) is 0 Å². The lowest BCUT2D eigenvalue weighted by atomic mass is 10.1. The van der Waals surface area contributed by atoms with Crippen LogP contribution >= 0.6 is 0 Å². The maximum absolute atomic E-state index is 12.8. The van der Waals surface area contributed by atoms with Gasteiger partial charge in [0.2, 0.25) is 5.91 Å². The first-order chi connectivity index (χ1) is 11.2. The van der Waals surface area contributed by atoms with Crippen LogP contribution in [0.25, 0.3) is 0 Å². The van der Waals surface area contributed by atoms with Gasteiger partial charge in [0.05, 0.1) is 12.1 Å². The second kappa shape index (κ2) is 7.10. The molecule has 2 amide bonds. The summed E-state index contributed by atoms with van der Waals surface area (Å²) in [5.41, 5.74) is 9.81. The summed E-state index contributed by atoms with van der Waals surface area (Å²) in [7, 11) is 0. The average molecular weight is 316 g/mol. The molecule has 1 aromatic carbocycles. The molecule has 1 aromatic rings. The summed E-state index contributed by atoms with van der Waals surface area (Å²) in [5.74, 6) is -0.285. The van der Waals surface area contributed by atoms with Crippen LogP contribution in [0.3, 0.4) is 0 Å². The van der Waals surface area contributed by atoms with Crippen LogP contribution in [-0.4, -0.2) is 46.9 Å². The van der Waals surface area contributed by atoms with Crippen LogP contribution in [0, 0.1) is 0 Å². The summed E-state index contributed by atoms with van der Waals surface area (Å²) < 4.78 is 0. The van der Waals surface area contributed by atoms with E-state index in [0.29, 0.717) is 19.4 Å². The normalized spacial score (nSPS) is 25.5. The second-order valence-electron chi connectivity index (χ2n) is 6.27. The highest BCUT2D eigenvalue weighted by Crippen LogP contribution is 2.27. The van der Waals surface area contributed by atoms with Gasteiger partial charge in [0.25, 0.3) is 5.91 Å². The Kier molecular flexibility index (Phi) is 4.93. The minimum atomic E-state index is -0.367. The SMILES string of the molecule is NC(=O)[C@@H]1CC[C@H](C(=O)N2CCCCN2)N1Cc1ccccc1. The second-order valence-corrected chi connectivity index (χ2v) is 6.27. The van der Waals surface area contributed by atoms with Crippen molar-refractivity contribution >= 4 is 11.8 Å². The van der Waals surface area contributed by atoms with E-state index in [0.717, 1.165) is 31.5 Å². The number of rotatable bonds is 4. The highest BCUT2D eigenvalue weighted by atomic mass is 16.2. The molecule has 0 aliphatic carbocycles. The molecule has 0 radical (unpaired) electrons. The first kappa shape index (κ1) is 16.0. The molecular weight excluding hydrogens is 292 g/mol. The number of nitrogens with two attached hydrogens (primary N) is 1. The quantitative estimate of drug-likeness (QED) is 0.854. The standard InChI is InChI=1S/C17H24N4O2/c18-16(22)14-8-9-15(17(23)21-11-5-4-10-19-21)20(14)12-13-6-2-1-3-7-13/h1-3,6-7,14-15,19H,4-5,8-12H2,(H2,18,22)/t14-,15+/m0/s1. The number of amides is 2. The minimum Gasteiger partial charge on any atom is -0.368 e. The maximum Gasteiger partial charge on any atom is 0.254 e. The molecule has 3 rings (SSSR count). The molecule has 6 nitrogen and oxygen atoms in total. The molecule has 2 aliphatic heterocycles. The van der Waals surface area contributed by atoms with Gasteiger partial charge in [0.1, 0.15) is 0 Å². The zero-order chi connectivity index (χ0) is 16.2. The van der Waals surface area contributed by atoms with Crippen molar-refractivity contribution in [2.24, 2.45) is 5.73 Å². The van der Waals surface area contributed by atoms with Crippen molar-refractivity contribution in [1.29, 1.82) is 0 Å². The van der Waals surface area contributed by atoms with Crippen LogP contribution in [0.5, 0.6) is 0 Å². The monoisotopic (exact) mass is 316 g/mol. The van der Waals surface area contributed by atoms with Crippen LogP contribution in [0.2, 0.25) is 0 Å². The molecule has 3 N–H and O–H groups in total. The number of primary amides is 1. The Bertz CT molecular complexity index is 557. The van der Waals surface area contributed by atoms with Crippen molar-refractivity contribution in [3.05, 3.63) is 35.9 Å². The van der Waals surface area contributed by atoms with Crippen molar-refractivity contribution in [3.63, 3.8) is 0 Å². The van der Waals surface area contributed by atoms with Crippen molar-refractivity contribution in [2.75, 3.05) is 13.1 Å². The fraction of sp³-hybridized carbons (Fsp3) is 0.529. The van der Waals surface area contributed by atoms with E-state index in [-0.39, 0.29) is 23.9 Å². The lowest BCUT2D eigenvalue weighted by Crippen LogP contribution is -2.55. The van der Waals surface area contributed by atoms with Crippen LogP contribution < -0.4 is 11.2 Å². The van der Waals surface area contributed by atoms with Crippen molar-refractivity contribution in [3.8, 4) is 0 Å². The number of carbonyl (C=O) groups excluding carboxylic acids is 2. The zero-order valence-electron chi connectivity index (χ0n) is 13.3. The van der Waals surface area contributed by atoms with E-state index in [9.17, 15) is 9.59 Å². The Morgan fingerprint density at radius 2 is 1.87 bits per heavy atom. The predicted octanol–water partition coefficient (Wildman–Crippen LogP) is 0.632. The van der Waals surface area contributed by atoms with E-state index >= 15 is 0 Å². The molecular formula is C17H24N4O2. The minimum absolute atomic E-state index is 0.0596. The highest BCUT2D eigenvalue weighted by Gasteiger charge is 2.42. The number of nitrogens with zero attached hydrogens (tertiary/aromatic N) is 2. The Hall–Kier alpha value is -1.92. The van der Waals surface area contributed by atoms with Crippen molar-refractivity contribution in [1.82, 2.24) is 15.3 Å². The predicted molar refractivity (Wildman–Crippen MR) is 86.9 cm³/mol. The summed E-state index contributed by atoms with van der Waals surface area (Å²) in [4.78, 5) is 26.6. The largest absolute Gasteiger partial charge is 0.368 e. The summed E-state index contributed by atoms with van der Waals surface area (Å²) in [6.07, 6.45) is 3.43. The average Bonchev–Trinajstić information content (AvgIpc) is 2.99. The number of hydrogen-bond donors (Lipinski definition) is 2. The molecule has 2 saturated heterocycles. The van der Waals surface area contributed by atoms with Gasteiger partial charge in [-0.15, -0.1) is 0 Å².